The second-order valence-electron chi connectivity index (χ2n) is 5.45. The molecule has 0 aliphatic rings. The fourth-order valence-electron chi connectivity index (χ4n) is 2.56. The summed E-state index contributed by atoms with van der Waals surface area (Å²) in [5, 5.41) is 5.40. The van der Waals surface area contributed by atoms with E-state index in [1.165, 1.54) is 10.7 Å². The lowest BCUT2D eigenvalue weighted by Gasteiger charge is -2.08. The number of hydrogen-bond acceptors (Lipinski definition) is 5. The van der Waals surface area contributed by atoms with Crippen molar-refractivity contribution in [3.8, 4) is 17.4 Å². The summed E-state index contributed by atoms with van der Waals surface area (Å²) in [7, 11) is 1.79. The Morgan fingerprint density at radius 2 is 1.85 bits per heavy atom. The lowest BCUT2D eigenvalue weighted by atomic mass is 10.1. The first-order chi connectivity index (χ1) is 12.5. The van der Waals surface area contributed by atoms with Crippen LogP contribution in [-0.4, -0.2) is 27.6 Å². The second-order valence-corrected chi connectivity index (χ2v) is 6.67. The Morgan fingerprint density at radius 1 is 1.08 bits per heavy atom. The molecular formula is C16H8BCl3N4O2. The van der Waals surface area contributed by atoms with Gasteiger partial charge in [0.05, 0.1) is 15.1 Å². The van der Waals surface area contributed by atoms with E-state index in [-0.39, 0.29) is 26.8 Å². The van der Waals surface area contributed by atoms with E-state index < -0.39 is 5.63 Å². The lowest BCUT2D eigenvalue weighted by Crippen LogP contribution is -2.09. The number of rotatable bonds is 2. The van der Waals surface area contributed by atoms with Gasteiger partial charge in [-0.15, -0.1) is 0 Å². The monoisotopic (exact) mass is 404 g/mol. The van der Waals surface area contributed by atoms with Crippen LogP contribution in [0.1, 0.15) is 0 Å². The quantitative estimate of drug-likeness (QED) is 0.480. The second kappa shape index (κ2) is 6.43. The topological polar surface area (TPSA) is 73.8 Å². The fraction of sp³-hybridized carbons (Fsp3) is 0. The van der Waals surface area contributed by atoms with Gasteiger partial charge in [0.2, 0.25) is 5.89 Å². The van der Waals surface area contributed by atoms with Crippen molar-refractivity contribution in [2.45, 2.75) is 0 Å². The molecule has 0 unspecified atom stereocenters. The minimum Gasteiger partial charge on any atom is -0.401 e. The van der Waals surface area contributed by atoms with E-state index in [0.29, 0.717) is 22.1 Å². The Bertz CT molecular complexity index is 1220. The minimum absolute atomic E-state index is 0.0361. The number of pyridine rings is 1. The van der Waals surface area contributed by atoms with Crippen LogP contribution in [0, 0.1) is 0 Å². The lowest BCUT2D eigenvalue weighted by molar-refractivity contribution is 0.513. The van der Waals surface area contributed by atoms with Crippen molar-refractivity contribution in [1.29, 1.82) is 0 Å². The minimum atomic E-state index is -0.643. The molecule has 6 nitrogen and oxygen atoms in total. The van der Waals surface area contributed by atoms with Crippen LogP contribution in [-0.2, 0) is 0 Å². The smallest absolute Gasteiger partial charge is 0.348 e. The van der Waals surface area contributed by atoms with Gasteiger partial charge in [-0.1, -0.05) is 34.8 Å². The molecule has 128 valence electrons. The summed E-state index contributed by atoms with van der Waals surface area (Å²) in [5.74, 6) is 0.424. The number of fused-ring (bicyclic) bond motifs is 1. The van der Waals surface area contributed by atoms with Crippen molar-refractivity contribution >= 4 is 59.1 Å². The Kier molecular flexibility index (Phi) is 4.22. The molecule has 0 fully saturated rings. The van der Waals surface area contributed by atoms with Crippen LogP contribution in [0.3, 0.4) is 0 Å². The highest BCUT2D eigenvalue weighted by atomic mass is 35.5. The largest absolute Gasteiger partial charge is 0.401 e. The Labute approximate surface area is 162 Å². The Morgan fingerprint density at radius 3 is 2.62 bits per heavy atom. The van der Waals surface area contributed by atoms with E-state index in [2.05, 4.69) is 15.1 Å². The third kappa shape index (κ3) is 2.78. The van der Waals surface area contributed by atoms with Crippen LogP contribution in [0.25, 0.3) is 28.3 Å². The van der Waals surface area contributed by atoms with Gasteiger partial charge in [-0.3, -0.25) is 0 Å². The highest BCUT2D eigenvalue weighted by Gasteiger charge is 2.19. The predicted octanol–water partition coefficient (Wildman–Crippen LogP) is 2.65. The molecule has 3 aromatic heterocycles. The molecular weight excluding hydrogens is 397 g/mol. The van der Waals surface area contributed by atoms with Crippen molar-refractivity contribution in [1.82, 2.24) is 19.7 Å². The molecule has 3 heterocycles. The van der Waals surface area contributed by atoms with Gasteiger partial charge in [0.1, 0.15) is 16.6 Å². The van der Waals surface area contributed by atoms with Crippen LogP contribution < -0.4 is 11.2 Å². The first kappa shape index (κ1) is 17.1. The maximum absolute atomic E-state index is 12.4. The summed E-state index contributed by atoms with van der Waals surface area (Å²) in [6.07, 6.45) is 1.59. The highest BCUT2D eigenvalue weighted by Crippen LogP contribution is 2.29. The first-order valence-electron chi connectivity index (χ1n) is 7.42. The maximum Gasteiger partial charge on any atom is 0.348 e. The van der Waals surface area contributed by atoms with Gasteiger partial charge >= 0.3 is 5.63 Å². The van der Waals surface area contributed by atoms with Gasteiger partial charge < -0.3 is 4.42 Å². The molecule has 0 aliphatic carbocycles. The fourth-order valence-corrected chi connectivity index (χ4v) is 3.19. The van der Waals surface area contributed by atoms with Crippen LogP contribution in [0.4, 0.5) is 0 Å². The molecule has 4 aromatic rings. The molecule has 0 radical (unpaired) electrons. The normalized spacial score (nSPS) is 11.2. The van der Waals surface area contributed by atoms with E-state index in [1.807, 2.05) is 0 Å². The number of nitrogens with zero attached hydrogens (tertiary/aromatic N) is 4. The molecule has 26 heavy (non-hydrogen) atoms. The zero-order valence-electron chi connectivity index (χ0n) is 13.2. The van der Waals surface area contributed by atoms with Gasteiger partial charge in [-0.25, -0.2) is 19.4 Å². The van der Waals surface area contributed by atoms with E-state index >= 15 is 0 Å². The summed E-state index contributed by atoms with van der Waals surface area (Å²) in [6, 6.07) is 8.19. The molecule has 0 saturated carbocycles. The van der Waals surface area contributed by atoms with E-state index in [4.69, 9.17) is 39.2 Å². The summed E-state index contributed by atoms with van der Waals surface area (Å²) in [4.78, 5) is 21.1. The molecule has 1 aromatic carbocycles. The molecule has 4 rings (SSSR count). The summed E-state index contributed by atoms with van der Waals surface area (Å²) < 4.78 is 6.85. The number of benzene rings is 1. The zero-order valence-corrected chi connectivity index (χ0v) is 15.5. The predicted molar refractivity (Wildman–Crippen MR) is 104 cm³/mol. The molecule has 0 bridgehead atoms. The molecule has 0 aliphatic heterocycles. The van der Waals surface area contributed by atoms with Crippen LogP contribution >= 0.6 is 34.8 Å². The maximum atomic E-state index is 12.4. The SMILES string of the molecule is Bc1cc(-c2nc3c(Cl)ccc(Cl)c3c(=O)o2)n(-c2ncccc2Cl)n1. The number of halogens is 3. The molecule has 0 amide bonds. The molecule has 0 atom stereocenters. The van der Waals surface area contributed by atoms with E-state index in [1.54, 1.807) is 38.3 Å². The third-order valence-corrected chi connectivity index (χ3v) is 4.59. The van der Waals surface area contributed by atoms with Gasteiger partial charge in [0.15, 0.2) is 13.7 Å². The number of hydrogen-bond donors (Lipinski definition) is 0. The van der Waals surface area contributed by atoms with Crippen molar-refractivity contribution in [3.63, 3.8) is 0 Å². The Balaban J connectivity index is 2.02. The van der Waals surface area contributed by atoms with Gasteiger partial charge in [0, 0.05) is 11.8 Å². The Hall–Kier alpha value is -2.35. The van der Waals surface area contributed by atoms with Crippen molar-refractivity contribution < 1.29 is 4.42 Å². The van der Waals surface area contributed by atoms with E-state index in [9.17, 15) is 4.79 Å². The van der Waals surface area contributed by atoms with Crippen LogP contribution in [0.15, 0.2) is 45.7 Å². The highest BCUT2D eigenvalue weighted by molar-refractivity contribution is 6.39. The molecule has 0 saturated heterocycles. The average Bonchev–Trinajstić information content (AvgIpc) is 3.00. The average molecular weight is 405 g/mol. The van der Waals surface area contributed by atoms with Gasteiger partial charge in [-0.05, 0) is 30.3 Å². The van der Waals surface area contributed by atoms with Crippen LogP contribution in [0.2, 0.25) is 15.1 Å². The zero-order chi connectivity index (χ0) is 18.4. The van der Waals surface area contributed by atoms with Crippen molar-refractivity contribution in [3.05, 3.63) is 62.0 Å². The summed E-state index contributed by atoms with van der Waals surface area (Å²) in [6.45, 7) is 0. The first-order valence-corrected chi connectivity index (χ1v) is 8.56. The summed E-state index contributed by atoms with van der Waals surface area (Å²) in [5.41, 5.74) is 0.694. The van der Waals surface area contributed by atoms with Crippen LogP contribution in [0.5, 0.6) is 0 Å². The molecule has 10 heteroatoms. The summed E-state index contributed by atoms with van der Waals surface area (Å²) >= 11 is 18.5. The molecule has 0 N–H and O–H groups in total. The van der Waals surface area contributed by atoms with E-state index in [0.717, 1.165) is 0 Å². The van der Waals surface area contributed by atoms with Gasteiger partial charge in [-0.2, -0.15) is 5.10 Å². The third-order valence-electron chi connectivity index (χ3n) is 3.68. The van der Waals surface area contributed by atoms with Gasteiger partial charge in [0.25, 0.3) is 0 Å². The number of aromatic nitrogens is 4. The van der Waals surface area contributed by atoms with Crippen molar-refractivity contribution in [2.75, 3.05) is 0 Å². The molecule has 0 spiro atoms. The van der Waals surface area contributed by atoms with Crippen molar-refractivity contribution in [2.24, 2.45) is 0 Å². The standard InChI is InChI=1S/C16H8BCl3N4O2/c17-11-6-10(24(23-11)14-9(20)2-1-5-21-14)15-22-13-8(19)4-3-7(18)12(13)16(25)26-15/h1-6H,17H2.